The van der Waals surface area contributed by atoms with Crippen LogP contribution >= 0.6 is 0 Å². The molecule has 1 saturated carbocycles. The number of nitrogens with zero attached hydrogens (tertiary/aromatic N) is 1. The molecule has 1 saturated heterocycles. The molecule has 1 unspecified atom stereocenters. The fourth-order valence-electron chi connectivity index (χ4n) is 2.91. The van der Waals surface area contributed by atoms with E-state index in [1.165, 1.54) is 32.4 Å². The van der Waals surface area contributed by atoms with Gasteiger partial charge in [-0.05, 0) is 39.0 Å². The molecule has 2 rings (SSSR count). The Kier molecular flexibility index (Phi) is 2.85. The minimum absolute atomic E-state index is 0.298. The molecule has 1 N–H and O–H groups in total. The number of hydrogen-bond acceptors (Lipinski definition) is 2. The van der Waals surface area contributed by atoms with Gasteiger partial charge in [0.1, 0.15) is 0 Å². The van der Waals surface area contributed by atoms with Gasteiger partial charge in [-0.2, -0.15) is 0 Å². The molecule has 0 aromatic carbocycles. The average Bonchev–Trinajstić information content (AvgIpc) is 2.08. The van der Waals surface area contributed by atoms with Crippen molar-refractivity contribution in [3.05, 3.63) is 0 Å². The van der Waals surface area contributed by atoms with Gasteiger partial charge in [0, 0.05) is 31.2 Å². The highest BCUT2D eigenvalue weighted by Gasteiger charge is 2.38. The summed E-state index contributed by atoms with van der Waals surface area (Å²) >= 11 is 0. The van der Waals surface area contributed by atoms with Crippen LogP contribution in [0.15, 0.2) is 0 Å². The van der Waals surface area contributed by atoms with Gasteiger partial charge in [0.15, 0.2) is 0 Å². The molecule has 1 aliphatic carbocycles. The van der Waals surface area contributed by atoms with Gasteiger partial charge in [-0.1, -0.05) is 13.3 Å². The van der Waals surface area contributed by atoms with Crippen LogP contribution in [0.5, 0.6) is 0 Å². The molecule has 2 nitrogen and oxygen atoms in total. The molecule has 15 heavy (non-hydrogen) atoms. The number of hydrogen-bond donors (Lipinski definition) is 1. The summed E-state index contributed by atoms with van der Waals surface area (Å²) in [5, 5.41) is 3.62. The molecule has 0 aromatic heterocycles. The molecule has 88 valence electrons. The van der Waals surface area contributed by atoms with E-state index in [0.29, 0.717) is 17.0 Å². The van der Waals surface area contributed by atoms with Crippen LogP contribution in [0, 0.1) is 5.41 Å². The Labute approximate surface area is 94.4 Å². The van der Waals surface area contributed by atoms with Crippen LogP contribution in [-0.2, 0) is 0 Å². The predicted molar refractivity (Wildman–Crippen MR) is 65.1 cm³/mol. The van der Waals surface area contributed by atoms with E-state index in [9.17, 15) is 0 Å². The first-order valence-electron chi connectivity index (χ1n) is 6.39. The molecule has 1 atom stereocenters. The molecule has 1 heterocycles. The highest BCUT2D eigenvalue weighted by molar-refractivity contribution is 4.95. The standard InChI is InChI=1S/C13H26N2/c1-11-8-14-12(2,3)9-15(11)10-13(4)6-5-7-13/h11,14H,5-10H2,1-4H3. The van der Waals surface area contributed by atoms with Crippen molar-refractivity contribution in [1.29, 1.82) is 0 Å². The number of nitrogens with one attached hydrogen (secondary N) is 1. The molecular weight excluding hydrogens is 184 g/mol. The molecule has 2 aliphatic rings. The third-order valence-corrected chi connectivity index (χ3v) is 4.24. The van der Waals surface area contributed by atoms with Gasteiger partial charge in [-0.15, -0.1) is 0 Å². The van der Waals surface area contributed by atoms with Crippen molar-refractivity contribution in [2.45, 2.75) is 58.5 Å². The van der Waals surface area contributed by atoms with E-state index in [0.717, 1.165) is 6.54 Å². The van der Waals surface area contributed by atoms with E-state index in [-0.39, 0.29) is 0 Å². The third kappa shape index (κ3) is 2.54. The van der Waals surface area contributed by atoms with Crippen molar-refractivity contribution in [2.24, 2.45) is 5.41 Å². The summed E-state index contributed by atoms with van der Waals surface area (Å²) in [5.74, 6) is 0. The third-order valence-electron chi connectivity index (χ3n) is 4.24. The van der Waals surface area contributed by atoms with Crippen LogP contribution in [-0.4, -0.2) is 36.1 Å². The molecule has 1 aliphatic heterocycles. The molecule has 0 aromatic rings. The summed E-state index contributed by atoms with van der Waals surface area (Å²) in [6.07, 6.45) is 4.31. The largest absolute Gasteiger partial charge is 0.309 e. The van der Waals surface area contributed by atoms with Crippen LogP contribution in [0.25, 0.3) is 0 Å². The fraction of sp³-hybridized carbons (Fsp3) is 1.00. The Morgan fingerprint density at radius 1 is 1.27 bits per heavy atom. The molecule has 0 spiro atoms. The predicted octanol–water partition coefficient (Wildman–Crippen LogP) is 2.25. The molecule has 0 radical (unpaired) electrons. The minimum Gasteiger partial charge on any atom is -0.309 e. The Balaban J connectivity index is 1.94. The van der Waals surface area contributed by atoms with Crippen molar-refractivity contribution < 1.29 is 0 Å². The van der Waals surface area contributed by atoms with E-state index >= 15 is 0 Å². The first-order chi connectivity index (χ1) is 6.90. The van der Waals surface area contributed by atoms with Gasteiger partial charge >= 0.3 is 0 Å². The molecule has 0 amide bonds. The van der Waals surface area contributed by atoms with Crippen molar-refractivity contribution in [3.63, 3.8) is 0 Å². The van der Waals surface area contributed by atoms with Crippen molar-refractivity contribution >= 4 is 0 Å². The molecular formula is C13H26N2. The first-order valence-corrected chi connectivity index (χ1v) is 6.39. The van der Waals surface area contributed by atoms with Gasteiger partial charge in [0.05, 0.1) is 0 Å². The van der Waals surface area contributed by atoms with Crippen molar-refractivity contribution in [3.8, 4) is 0 Å². The average molecular weight is 210 g/mol. The Bertz CT molecular complexity index is 231. The van der Waals surface area contributed by atoms with Crippen LogP contribution < -0.4 is 5.32 Å². The van der Waals surface area contributed by atoms with E-state index in [1.54, 1.807) is 0 Å². The Hall–Kier alpha value is -0.0800. The van der Waals surface area contributed by atoms with E-state index < -0.39 is 0 Å². The van der Waals surface area contributed by atoms with E-state index in [1.807, 2.05) is 0 Å². The second-order valence-electron chi connectivity index (χ2n) is 6.68. The van der Waals surface area contributed by atoms with Crippen molar-refractivity contribution in [1.82, 2.24) is 10.2 Å². The Morgan fingerprint density at radius 2 is 1.93 bits per heavy atom. The minimum atomic E-state index is 0.298. The van der Waals surface area contributed by atoms with E-state index in [4.69, 9.17) is 0 Å². The maximum atomic E-state index is 3.62. The summed E-state index contributed by atoms with van der Waals surface area (Å²) < 4.78 is 0. The van der Waals surface area contributed by atoms with Gasteiger partial charge in [-0.25, -0.2) is 0 Å². The SMILES string of the molecule is CC1CNC(C)(C)CN1CC1(C)CCC1. The highest BCUT2D eigenvalue weighted by Crippen LogP contribution is 2.41. The number of rotatable bonds is 2. The van der Waals surface area contributed by atoms with Crippen LogP contribution in [0.4, 0.5) is 0 Å². The molecule has 2 fully saturated rings. The maximum absolute atomic E-state index is 3.62. The molecule has 0 bridgehead atoms. The first kappa shape index (κ1) is 11.4. The summed E-state index contributed by atoms with van der Waals surface area (Å²) in [4.78, 5) is 2.69. The quantitative estimate of drug-likeness (QED) is 0.752. The van der Waals surface area contributed by atoms with Crippen molar-refractivity contribution in [2.75, 3.05) is 19.6 Å². The summed E-state index contributed by atoms with van der Waals surface area (Å²) in [6, 6.07) is 0.704. The lowest BCUT2D eigenvalue weighted by Gasteiger charge is -2.49. The van der Waals surface area contributed by atoms with Gasteiger partial charge in [0.25, 0.3) is 0 Å². The lowest BCUT2D eigenvalue weighted by atomic mass is 9.70. The fourth-order valence-corrected chi connectivity index (χ4v) is 2.91. The monoisotopic (exact) mass is 210 g/mol. The lowest BCUT2D eigenvalue weighted by Crippen LogP contribution is -2.62. The van der Waals surface area contributed by atoms with Crippen LogP contribution in [0.1, 0.15) is 47.0 Å². The summed E-state index contributed by atoms with van der Waals surface area (Å²) in [7, 11) is 0. The van der Waals surface area contributed by atoms with Crippen LogP contribution in [0.3, 0.4) is 0 Å². The maximum Gasteiger partial charge on any atom is 0.0252 e. The highest BCUT2D eigenvalue weighted by atomic mass is 15.2. The number of piperazine rings is 1. The second-order valence-corrected chi connectivity index (χ2v) is 6.68. The Morgan fingerprint density at radius 3 is 2.47 bits per heavy atom. The van der Waals surface area contributed by atoms with Crippen LogP contribution in [0.2, 0.25) is 0 Å². The zero-order chi connectivity index (χ0) is 11.1. The lowest BCUT2D eigenvalue weighted by molar-refractivity contribution is 0.0261. The normalized spacial score (nSPS) is 34.8. The van der Waals surface area contributed by atoms with Gasteiger partial charge in [-0.3, -0.25) is 4.90 Å². The zero-order valence-corrected chi connectivity index (χ0v) is 10.8. The van der Waals surface area contributed by atoms with Gasteiger partial charge in [0.2, 0.25) is 0 Å². The zero-order valence-electron chi connectivity index (χ0n) is 10.8. The topological polar surface area (TPSA) is 15.3 Å². The smallest absolute Gasteiger partial charge is 0.0252 e. The molecule has 2 heteroatoms. The van der Waals surface area contributed by atoms with Gasteiger partial charge < -0.3 is 5.32 Å². The second kappa shape index (κ2) is 3.74. The summed E-state index contributed by atoms with van der Waals surface area (Å²) in [5.41, 5.74) is 0.925. The van der Waals surface area contributed by atoms with E-state index in [2.05, 4.69) is 37.9 Å². The summed E-state index contributed by atoms with van der Waals surface area (Å²) in [6.45, 7) is 13.1.